The fraction of sp³-hybridized carbons (Fsp3) is 0.714. The summed E-state index contributed by atoms with van der Waals surface area (Å²) in [5, 5.41) is 12.4. The molecule has 0 rings (SSSR count). The molecule has 1 unspecified atom stereocenters. The van der Waals surface area contributed by atoms with Gasteiger partial charge in [-0.2, -0.15) is 0 Å². The summed E-state index contributed by atoms with van der Waals surface area (Å²) < 4.78 is 4.02. The number of rotatable bonds is 6. The van der Waals surface area contributed by atoms with Crippen molar-refractivity contribution in [3.05, 3.63) is 10.1 Å². The first-order chi connectivity index (χ1) is 6.97. The molecule has 15 heavy (non-hydrogen) atoms. The van der Waals surface area contributed by atoms with Crippen molar-refractivity contribution in [1.82, 2.24) is 5.32 Å². The Morgan fingerprint density at radius 1 is 1.60 bits per heavy atom. The van der Waals surface area contributed by atoms with E-state index in [9.17, 15) is 19.7 Å². The van der Waals surface area contributed by atoms with Gasteiger partial charge in [-0.05, 0) is 6.92 Å². The summed E-state index contributed by atoms with van der Waals surface area (Å²) in [5.41, 5.74) is 0. The molecule has 0 aliphatic rings. The van der Waals surface area contributed by atoms with Crippen LogP contribution >= 0.6 is 11.9 Å². The van der Waals surface area contributed by atoms with Crippen LogP contribution in [-0.2, 0) is 14.3 Å². The lowest BCUT2D eigenvalue weighted by molar-refractivity contribution is -0.284. The Bertz CT molecular complexity index is 258. The van der Waals surface area contributed by atoms with Gasteiger partial charge < -0.3 is 10.1 Å². The molecular formula is C7H12N2O5S. The fourth-order valence-corrected chi connectivity index (χ4v) is 1.28. The van der Waals surface area contributed by atoms with Gasteiger partial charge in [0.15, 0.2) is 0 Å². The maximum Gasteiger partial charge on any atom is 0.329 e. The topological polar surface area (TPSA) is 98.5 Å². The Morgan fingerprint density at radius 2 is 2.20 bits per heavy atom. The van der Waals surface area contributed by atoms with Crippen molar-refractivity contribution in [2.75, 3.05) is 12.4 Å². The van der Waals surface area contributed by atoms with Crippen molar-refractivity contribution in [3.63, 3.8) is 0 Å². The number of carbonyl (C=O) groups excluding carboxylic acids is 2. The molecule has 0 saturated carbocycles. The Morgan fingerprint density at radius 3 is 2.60 bits per heavy atom. The van der Waals surface area contributed by atoms with E-state index >= 15 is 0 Å². The van der Waals surface area contributed by atoms with Crippen molar-refractivity contribution in [1.29, 1.82) is 0 Å². The molecule has 0 saturated heterocycles. The number of ether oxygens (including phenoxy) is 1. The lowest BCUT2D eigenvalue weighted by Crippen LogP contribution is -2.42. The summed E-state index contributed by atoms with van der Waals surface area (Å²) in [6.45, 7) is 3.00. The Kier molecular flexibility index (Phi) is 6.43. The molecule has 0 bridgehead atoms. The molecule has 1 atom stereocenters. The van der Waals surface area contributed by atoms with Crippen LogP contribution in [0.1, 0.15) is 13.8 Å². The number of amides is 1. The van der Waals surface area contributed by atoms with Crippen molar-refractivity contribution in [2.24, 2.45) is 0 Å². The van der Waals surface area contributed by atoms with E-state index in [2.05, 4.69) is 10.1 Å². The average Bonchev–Trinajstić information content (AvgIpc) is 2.11. The number of nitrogens with one attached hydrogen (secondary N) is 1. The number of carbonyl (C=O) groups is 2. The predicted octanol–water partition coefficient (Wildman–Crippen LogP) is -0.0209. The van der Waals surface area contributed by atoms with Crippen molar-refractivity contribution in [3.8, 4) is 0 Å². The summed E-state index contributed by atoms with van der Waals surface area (Å²) in [6, 6.07) is -0.974. The summed E-state index contributed by atoms with van der Waals surface area (Å²) in [7, 11) is 0. The second-order valence-electron chi connectivity index (χ2n) is 2.52. The quantitative estimate of drug-likeness (QED) is 0.301. The van der Waals surface area contributed by atoms with E-state index in [1.165, 1.54) is 6.92 Å². The van der Waals surface area contributed by atoms with Crippen LogP contribution < -0.4 is 5.32 Å². The lowest BCUT2D eigenvalue weighted by Gasteiger charge is -2.12. The highest BCUT2D eigenvalue weighted by Gasteiger charge is 2.23. The second kappa shape index (κ2) is 7.04. The first kappa shape index (κ1) is 13.7. The van der Waals surface area contributed by atoms with E-state index in [4.69, 9.17) is 0 Å². The van der Waals surface area contributed by atoms with Gasteiger partial charge >= 0.3 is 5.97 Å². The molecule has 8 heteroatoms. The van der Waals surface area contributed by atoms with Gasteiger partial charge in [0.1, 0.15) is 10.4 Å². The maximum atomic E-state index is 11.2. The van der Waals surface area contributed by atoms with E-state index in [0.717, 1.165) is 0 Å². The summed E-state index contributed by atoms with van der Waals surface area (Å²) in [6.07, 6.45) is 0. The van der Waals surface area contributed by atoms with E-state index in [1.807, 2.05) is 0 Å². The second-order valence-corrected chi connectivity index (χ2v) is 3.41. The van der Waals surface area contributed by atoms with Crippen LogP contribution in [0.4, 0.5) is 0 Å². The number of hydrogen-bond donors (Lipinski definition) is 1. The van der Waals surface area contributed by atoms with Gasteiger partial charge in [0.05, 0.1) is 12.4 Å². The first-order valence-electron chi connectivity index (χ1n) is 4.18. The van der Waals surface area contributed by atoms with Crippen LogP contribution in [0.2, 0.25) is 0 Å². The molecule has 0 heterocycles. The molecule has 1 N–H and O–H groups in total. The van der Waals surface area contributed by atoms with E-state index in [-0.39, 0.29) is 12.4 Å². The Balaban J connectivity index is 4.23. The van der Waals surface area contributed by atoms with Gasteiger partial charge in [0.2, 0.25) is 17.9 Å². The molecule has 0 aliphatic heterocycles. The number of hydrogen-bond acceptors (Lipinski definition) is 6. The molecule has 0 radical (unpaired) electrons. The molecule has 1 amide bonds. The molecule has 0 aromatic rings. The number of esters is 1. The van der Waals surface area contributed by atoms with Gasteiger partial charge in [-0.3, -0.25) is 14.9 Å². The Hall–Kier alpha value is -1.31. The highest BCUT2D eigenvalue weighted by molar-refractivity contribution is 7.93. The third-order valence-electron chi connectivity index (χ3n) is 1.30. The zero-order valence-corrected chi connectivity index (χ0v) is 9.20. The predicted molar refractivity (Wildman–Crippen MR) is 53.7 cm³/mol. The van der Waals surface area contributed by atoms with Crippen LogP contribution in [0.5, 0.6) is 0 Å². The van der Waals surface area contributed by atoms with Crippen LogP contribution in [0.25, 0.3) is 0 Å². The molecule has 0 aromatic carbocycles. The third-order valence-corrected chi connectivity index (χ3v) is 1.99. The highest BCUT2D eigenvalue weighted by Crippen LogP contribution is 2.04. The van der Waals surface area contributed by atoms with Gasteiger partial charge in [-0.1, -0.05) is 0 Å². The average molecular weight is 236 g/mol. The molecule has 86 valence electrons. The van der Waals surface area contributed by atoms with Crippen molar-refractivity contribution in [2.45, 2.75) is 19.9 Å². The third kappa shape index (κ3) is 6.72. The molecule has 0 aromatic heterocycles. The van der Waals surface area contributed by atoms with Gasteiger partial charge in [0, 0.05) is 6.92 Å². The van der Waals surface area contributed by atoms with Crippen LogP contribution in [0.3, 0.4) is 0 Å². The minimum Gasteiger partial charge on any atom is -0.464 e. The normalized spacial score (nSPS) is 11.6. The molecule has 0 spiro atoms. The number of nitro groups is 1. The molecular weight excluding hydrogens is 224 g/mol. The van der Waals surface area contributed by atoms with E-state index < -0.39 is 22.2 Å². The van der Waals surface area contributed by atoms with Crippen molar-refractivity contribution >= 4 is 23.8 Å². The largest absolute Gasteiger partial charge is 0.464 e. The van der Waals surface area contributed by atoms with Crippen LogP contribution in [0.15, 0.2) is 0 Å². The fourth-order valence-electron chi connectivity index (χ4n) is 0.792. The summed E-state index contributed by atoms with van der Waals surface area (Å²) in [4.78, 5) is 32.0. The smallest absolute Gasteiger partial charge is 0.329 e. The van der Waals surface area contributed by atoms with E-state index in [0.29, 0.717) is 11.9 Å². The summed E-state index contributed by atoms with van der Waals surface area (Å²) in [5.74, 6) is -1.25. The zero-order chi connectivity index (χ0) is 11.8. The highest BCUT2D eigenvalue weighted by atomic mass is 32.2. The Labute approximate surface area is 90.8 Å². The summed E-state index contributed by atoms with van der Waals surface area (Å²) >= 11 is 0.342. The zero-order valence-electron chi connectivity index (χ0n) is 8.39. The SMILES string of the molecule is CCOC(=O)C(CS[N+](=O)[O-])NC(C)=O. The minimum atomic E-state index is -0.974. The van der Waals surface area contributed by atoms with Crippen LogP contribution in [0, 0.1) is 10.1 Å². The number of nitrogens with zero attached hydrogens (tertiary/aromatic N) is 1. The van der Waals surface area contributed by atoms with Gasteiger partial charge in [-0.15, -0.1) is 0 Å². The molecule has 0 aliphatic carbocycles. The standard InChI is InChI=1S/C7H12N2O5S/c1-3-14-7(11)6(8-5(2)10)4-15-9(12)13/h6H,3-4H2,1-2H3,(H,8,10). The molecule has 7 nitrogen and oxygen atoms in total. The first-order valence-corrected chi connectivity index (χ1v) is 5.12. The van der Waals surface area contributed by atoms with Crippen molar-refractivity contribution < 1.29 is 18.7 Å². The monoisotopic (exact) mass is 236 g/mol. The lowest BCUT2D eigenvalue weighted by atomic mass is 10.3. The van der Waals surface area contributed by atoms with Gasteiger partial charge in [0.25, 0.3) is 0 Å². The van der Waals surface area contributed by atoms with E-state index in [1.54, 1.807) is 6.92 Å². The van der Waals surface area contributed by atoms with Gasteiger partial charge in [-0.25, -0.2) is 4.79 Å². The maximum absolute atomic E-state index is 11.2. The minimum absolute atomic E-state index is 0.147. The van der Waals surface area contributed by atoms with Crippen LogP contribution in [-0.4, -0.2) is 34.6 Å². The molecule has 0 fully saturated rings.